The van der Waals surface area contributed by atoms with E-state index in [9.17, 15) is 13.2 Å². The van der Waals surface area contributed by atoms with Crippen LogP contribution >= 0.6 is 0 Å². The third-order valence-electron chi connectivity index (χ3n) is 5.46. The van der Waals surface area contributed by atoms with Gasteiger partial charge < -0.3 is 4.74 Å². The van der Waals surface area contributed by atoms with E-state index in [0.717, 1.165) is 24.2 Å². The molecule has 0 saturated heterocycles. The highest BCUT2D eigenvalue weighted by Crippen LogP contribution is 2.43. The fourth-order valence-corrected chi connectivity index (χ4v) is 4.74. The van der Waals surface area contributed by atoms with Gasteiger partial charge in [-0.3, -0.25) is 4.57 Å². The highest BCUT2D eigenvalue weighted by molar-refractivity contribution is 7.90. The highest BCUT2D eigenvalue weighted by Gasteiger charge is 2.35. The Morgan fingerprint density at radius 1 is 1.19 bits per heavy atom. The van der Waals surface area contributed by atoms with Crippen LogP contribution in [0.25, 0.3) is 0 Å². The molecule has 26 heavy (non-hydrogen) atoms. The third kappa shape index (κ3) is 3.28. The minimum absolute atomic E-state index is 0.237. The van der Waals surface area contributed by atoms with Crippen molar-refractivity contribution >= 4 is 9.84 Å². The van der Waals surface area contributed by atoms with E-state index in [0.29, 0.717) is 17.7 Å². The molecule has 0 amide bonds. The van der Waals surface area contributed by atoms with Gasteiger partial charge in [0.1, 0.15) is 6.61 Å². The molecule has 1 saturated carbocycles. The largest absolute Gasteiger partial charge is 0.473 e. The van der Waals surface area contributed by atoms with Gasteiger partial charge >= 0.3 is 5.69 Å². The molecule has 0 spiro atoms. The minimum atomic E-state index is -3.21. The molecule has 2 aromatic rings. The quantitative estimate of drug-likeness (QED) is 0.822. The number of ether oxygens (including phenoxy) is 1. The number of benzene rings is 1. The van der Waals surface area contributed by atoms with Crippen molar-refractivity contribution < 1.29 is 13.2 Å². The number of rotatable bonds is 4. The topological polar surface area (TPSA) is 78.3 Å². The Morgan fingerprint density at radius 2 is 1.92 bits per heavy atom. The molecule has 2 atom stereocenters. The standard InChI is InChI=1S/C19H22N2O4S/c1-26(23,24)15-8-6-13(7-9-15)12-25-18-10-17-16-5-3-2-4-14(16)11-21(17)19(22)20-18/h6-10,14,16H,2-5,11-12H2,1H3. The molecule has 1 aliphatic heterocycles. The maximum atomic E-state index is 12.3. The maximum Gasteiger partial charge on any atom is 0.351 e. The number of aromatic nitrogens is 2. The summed E-state index contributed by atoms with van der Waals surface area (Å²) in [4.78, 5) is 16.7. The van der Waals surface area contributed by atoms with Gasteiger partial charge in [-0.05, 0) is 36.5 Å². The first-order valence-electron chi connectivity index (χ1n) is 8.95. The van der Waals surface area contributed by atoms with Crippen LogP contribution in [0.15, 0.2) is 40.0 Å². The summed E-state index contributed by atoms with van der Waals surface area (Å²) in [6.45, 7) is 1.02. The van der Waals surface area contributed by atoms with E-state index < -0.39 is 9.84 Å². The molecule has 2 heterocycles. The molecule has 138 valence electrons. The first-order valence-corrected chi connectivity index (χ1v) is 10.8. The van der Waals surface area contributed by atoms with Crippen molar-refractivity contribution in [1.29, 1.82) is 0 Å². The molecule has 1 fully saturated rings. The first-order chi connectivity index (χ1) is 12.4. The highest BCUT2D eigenvalue weighted by atomic mass is 32.2. The van der Waals surface area contributed by atoms with Crippen LogP contribution in [-0.4, -0.2) is 24.2 Å². The first kappa shape index (κ1) is 17.3. The summed E-state index contributed by atoms with van der Waals surface area (Å²) in [5.74, 6) is 1.34. The van der Waals surface area contributed by atoms with Crippen LogP contribution in [0.3, 0.4) is 0 Å². The molecule has 1 aromatic carbocycles. The van der Waals surface area contributed by atoms with E-state index >= 15 is 0 Å². The van der Waals surface area contributed by atoms with Gasteiger partial charge in [0.2, 0.25) is 5.88 Å². The monoisotopic (exact) mass is 374 g/mol. The van der Waals surface area contributed by atoms with Crippen LogP contribution in [0.5, 0.6) is 5.88 Å². The summed E-state index contributed by atoms with van der Waals surface area (Å²) in [6.07, 6.45) is 5.93. The second kappa shape index (κ2) is 6.54. The van der Waals surface area contributed by atoms with Crippen molar-refractivity contribution in [3.8, 4) is 5.88 Å². The zero-order chi connectivity index (χ0) is 18.3. The lowest BCUT2D eigenvalue weighted by molar-refractivity contribution is 0.290. The lowest BCUT2D eigenvalue weighted by Crippen LogP contribution is -2.23. The average molecular weight is 374 g/mol. The van der Waals surface area contributed by atoms with Crippen molar-refractivity contribution in [3.05, 3.63) is 52.1 Å². The molecule has 4 rings (SSSR count). The molecular weight excluding hydrogens is 352 g/mol. The van der Waals surface area contributed by atoms with Gasteiger partial charge in [-0.25, -0.2) is 13.2 Å². The van der Waals surface area contributed by atoms with Gasteiger partial charge in [0.05, 0.1) is 4.90 Å². The van der Waals surface area contributed by atoms with Gasteiger partial charge in [-0.1, -0.05) is 25.0 Å². The fraction of sp³-hybridized carbons (Fsp3) is 0.474. The molecule has 0 N–H and O–H groups in total. The molecular formula is C19H22N2O4S. The Bertz CT molecular complexity index is 980. The summed E-state index contributed by atoms with van der Waals surface area (Å²) >= 11 is 0. The second-order valence-corrected chi connectivity index (χ2v) is 9.28. The Labute approximate surface area is 152 Å². The average Bonchev–Trinajstić information content (AvgIpc) is 2.99. The molecule has 0 bridgehead atoms. The lowest BCUT2D eigenvalue weighted by Gasteiger charge is -2.24. The molecule has 6 nitrogen and oxygen atoms in total. The van der Waals surface area contributed by atoms with E-state index in [2.05, 4.69) is 4.98 Å². The second-order valence-electron chi connectivity index (χ2n) is 7.27. The number of fused-ring (bicyclic) bond motifs is 3. The van der Waals surface area contributed by atoms with E-state index in [1.54, 1.807) is 28.8 Å². The van der Waals surface area contributed by atoms with Crippen molar-refractivity contribution in [2.45, 2.75) is 49.6 Å². The van der Waals surface area contributed by atoms with E-state index in [4.69, 9.17) is 4.74 Å². The fourth-order valence-electron chi connectivity index (χ4n) is 4.11. The van der Waals surface area contributed by atoms with E-state index in [-0.39, 0.29) is 17.2 Å². The maximum absolute atomic E-state index is 12.3. The Balaban J connectivity index is 1.51. The Morgan fingerprint density at radius 3 is 2.65 bits per heavy atom. The summed E-state index contributed by atoms with van der Waals surface area (Å²) in [5, 5.41) is 0. The van der Waals surface area contributed by atoms with Crippen LogP contribution in [0.2, 0.25) is 0 Å². The number of nitrogens with zero attached hydrogens (tertiary/aromatic N) is 2. The molecule has 2 aliphatic rings. The van der Waals surface area contributed by atoms with Gasteiger partial charge in [0, 0.05) is 30.5 Å². The number of hydrogen-bond acceptors (Lipinski definition) is 5. The van der Waals surface area contributed by atoms with Crippen LogP contribution in [-0.2, 0) is 23.0 Å². The Hall–Kier alpha value is -2.15. The predicted molar refractivity (Wildman–Crippen MR) is 97.1 cm³/mol. The molecule has 7 heteroatoms. The van der Waals surface area contributed by atoms with Crippen LogP contribution < -0.4 is 10.4 Å². The SMILES string of the molecule is CS(=O)(=O)c1ccc(COc2cc3n(c(=O)n2)CC2CCCCC32)cc1. The minimum Gasteiger partial charge on any atom is -0.473 e. The van der Waals surface area contributed by atoms with Gasteiger partial charge in [0.25, 0.3) is 0 Å². The van der Waals surface area contributed by atoms with Crippen molar-refractivity contribution in [3.63, 3.8) is 0 Å². The van der Waals surface area contributed by atoms with E-state index in [1.165, 1.54) is 25.5 Å². The smallest absolute Gasteiger partial charge is 0.351 e. The molecule has 0 radical (unpaired) electrons. The van der Waals surface area contributed by atoms with Crippen LogP contribution in [0.1, 0.15) is 42.9 Å². The molecule has 2 unspecified atom stereocenters. The zero-order valence-electron chi connectivity index (χ0n) is 14.7. The third-order valence-corrected chi connectivity index (χ3v) is 6.59. The number of sulfone groups is 1. The Kier molecular flexibility index (Phi) is 4.34. The van der Waals surface area contributed by atoms with Crippen LogP contribution in [0.4, 0.5) is 0 Å². The van der Waals surface area contributed by atoms with Gasteiger partial charge in [-0.2, -0.15) is 4.98 Å². The van der Waals surface area contributed by atoms with Crippen molar-refractivity contribution in [1.82, 2.24) is 9.55 Å². The van der Waals surface area contributed by atoms with Crippen molar-refractivity contribution in [2.24, 2.45) is 5.92 Å². The van der Waals surface area contributed by atoms with Crippen molar-refractivity contribution in [2.75, 3.05) is 6.26 Å². The van der Waals surface area contributed by atoms with E-state index in [1.807, 2.05) is 6.07 Å². The summed E-state index contributed by atoms with van der Waals surface area (Å²) in [6, 6.07) is 8.46. The number of hydrogen-bond donors (Lipinski definition) is 0. The normalized spacial score (nSPS) is 21.9. The summed E-state index contributed by atoms with van der Waals surface area (Å²) < 4.78 is 30.5. The van der Waals surface area contributed by atoms with Gasteiger partial charge in [0.15, 0.2) is 9.84 Å². The summed E-state index contributed by atoms with van der Waals surface area (Å²) in [7, 11) is -3.21. The van der Waals surface area contributed by atoms with Gasteiger partial charge in [-0.15, -0.1) is 0 Å². The van der Waals surface area contributed by atoms with Crippen LogP contribution in [0, 0.1) is 5.92 Å². The predicted octanol–water partition coefficient (Wildman–Crippen LogP) is 2.51. The molecule has 1 aliphatic carbocycles. The zero-order valence-corrected chi connectivity index (χ0v) is 15.5. The molecule has 1 aromatic heterocycles. The summed E-state index contributed by atoms with van der Waals surface area (Å²) in [5.41, 5.74) is 1.65. The lowest BCUT2D eigenvalue weighted by atomic mass is 9.80.